The van der Waals surface area contributed by atoms with Crippen molar-refractivity contribution >= 4 is 34.0 Å². The molecule has 0 atom stereocenters. The number of aromatic nitrogens is 3. The van der Waals surface area contributed by atoms with E-state index in [9.17, 15) is 4.79 Å². The van der Waals surface area contributed by atoms with Crippen molar-refractivity contribution in [3.8, 4) is 22.7 Å². The number of amides is 1. The molecule has 0 aliphatic carbocycles. The van der Waals surface area contributed by atoms with Gasteiger partial charge in [-0.2, -0.15) is 5.10 Å². The number of nitrogens with zero attached hydrogens (tertiary/aromatic N) is 3. The molecular formula is C21H17ClN4O2S. The molecule has 8 heteroatoms. The van der Waals surface area contributed by atoms with Crippen molar-refractivity contribution in [1.82, 2.24) is 14.8 Å². The summed E-state index contributed by atoms with van der Waals surface area (Å²) in [6.07, 6.45) is 3.18. The molecule has 0 saturated heterocycles. The van der Waals surface area contributed by atoms with Crippen LogP contribution in [0, 0.1) is 0 Å². The molecular weight excluding hydrogens is 408 g/mol. The molecule has 0 fully saturated rings. The van der Waals surface area contributed by atoms with Gasteiger partial charge in [-0.3, -0.25) is 10.1 Å². The SMILES string of the molecule is CCOc1ccccc1-c1csc(NC(=O)c2cnn(-c3ccc(Cl)cc3)c2)n1. The predicted molar refractivity (Wildman–Crippen MR) is 115 cm³/mol. The normalized spacial score (nSPS) is 10.7. The Morgan fingerprint density at radius 2 is 2.00 bits per heavy atom. The standard InChI is InChI=1S/C21H17ClN4O2S/c1-2-28-19-6-4-3-5-17(19)18-13-29-21(24-18)25-20(27)14-11-23-26(12-14)16-9-7-15(22)8-10-16/h3-13H,2H2,1H3,(H,24,25,27). The van der Waals surface area contributed by atoms with Crippen LogP contribution >= 0.6 is 22.9 Å². The van der Waals surface area contributed by atoms with E-state index in [2.05, 4.69) is 15.4 Å². The van der Waals surface area contributed by atoms with Gasteiger partial charge >= 0.3 is 0 Å². The van der Waals surface area contributed by atoms with Crippen LogP contribution in [-0.2, 0) is 0 Å². The fourth-order valence-corrected chi connectivity index (χ4v) is 3.59. The highest BCUT2D eigenvalue weighted by Gasteiger charge is 2.14. The van der Waals surface area contributed by atoms with E-state index >= 15 is 0 Å². The van der Waals surface area contributed by atoms with Gasteiger partial charge in [-0.15, -0.1) is 11.3 Å². The lowest BCUT2D eigenvalue weighted by molar-refractivity contribution is 0.102. The van der Waals surface area contributed by atoms with Crippen molar-refractivity contribution in [3.05, 3.63) is 76.9 Å². The summed E-state index contributed by atoms with van der Waals surface area (Å²) in [5.41, 5.74) is 2.90. The van der Waals surface area contributed by atoms with Gasteiger partial charge in [0.15, 0.2) is 5.13 Å². The molecule has 0 aliphatic heterocycles. The summed E-state index contributed by atoms with van der Waals surface area (Å²) >= 11 is 7.27. The minimum Gasteiger partial charge on any atom is -0.493 e. The zero-order valence-corrected chi connectivity index (χ0v) is 17.1. The van der Waals surface area contributed by atoms with Gasteiger partial charge in [-0.05, 0) is 43.3 Å². The van der Waals surface area contributed by atoms with Crippen molar-refractivity contribution in [2.75, 3.05) is 11.9 Å². The number of halogens is 1. The van der Waals surface area contributed by atoms with Crippen LogP contribution in [0.5, 0.6) is 5.75 Å². The van der Waals surface area contributed by atoms with Crippen LogP contribution in [0.4, 0.5) is 5.13 Å². The molecule has 0 saturated carbocycles. The Hall–Kier alpha value is -3.16. The number of anilines is 1. The third-order valence-corrected chi connectivity index (χ3v) is 5.13. The molecule has 0 unspecified atom stereocenters. The summed E-state index contributed by atoms with van der Waals surface area (Å²) in [4.78, 5) is 17.1. The number of carbonyl (C=O) groups is 1. The van der Waals surface area contributed by atoms with Gasteiger partial charge < -0.3 is 4.74 Å². The molecule has 0 spiro atoms. The molecule has 4 rings (SSSR count). The minimum atomic E-state index is -0.274. The predicted octanol–water partition coefficient (Wildman–Crippen LogP) is 5.30. The molecule has 2 heterocycles. The maximum Gasteiger partial charge on any atom is 0.260 e. The molecule has 4 aromatic rings. The van der Waals surface area contributed by atoms with Crippen molar-refractivity contribution < 1.29 is 9.53 Å². The van der Waals surface area contributed by atoms with Crippen molar-refractivity contribution in [1.29, 1.82) is 0 Å². The van der Waals surface area contributed by atoms with Crippen molar-refractivity contribution in [2.45, 2.75) is 6.92 Å². The van der Waals surface area contributed by atoms with E-state index in [-0.39, 0.29) is 5.91 Å². The summed E-state index contributed by atoms with van der Waals surface area (Å²) in [6, 6.07) is 14.9. The molecule has 2 aromatic carbocycles. The highest BCUT2D eigenvalue weighted by Crippen LogP contribution is 2.32. The van der Waals surface area contributed by atoms with E-state index in [1.165, 1.54) is 17.5 Å². The molecule has 146 valence electrons. The molecule has 1 amide bonds. The molecule has 6 nitrogen and oxygen atoms in total. The molecule has 29 heavy (non-hydrogen) atoms. The van der Waals surface area contributed by atoms with Crippen LogP contribution in [0.3, 0.4) is 0 Å². The van der Waals surface area contributed by atoms with E-state index in [1.54, 1.807) is 23.0 Å². The largest absolute Gasteiger partial charge is 0.493 e. The second-order valence-corrected chi connectivity index (χ2v) is 7.37. The fourth-order valence-electron chi connectivity index (χ4n) is 2.76. The van der Waals surface area contributed by atoms with Gasteiger partial charge in [-0.25, -0.2) is 9.67 Å². The highest BCUT2D eigenvalue weighted by atomic mass is 35.5. The van der Waals surface area contributed by atoms with Crippen LogP contribution < -0.4 is 10.1 Å². The summed E-state index contributed by atoms with van der Waals surface area (Å²) in [5.74, 6) is 0.492. The number of hydrogen-bond acceptors (Lipinski definition) is 5. The Labute approximate surface area is 176 Å². The first-order chi connectivity index (χ1) is 14.1. The topological polar surface area (TPSA) is 69.0 Å². The number of para-hydroxylation sites is 1. The average molecular weight is 425 g/mol. The molecule has 1 N–H and O–H groups in total. The van der Waals surface area contributed by atoms with Crippen LogP contribution in [0.25, 0.3) is 16.9 Å². The van der Waals surface area contributed by atoms with E-state index in [0.29, 0.717) is 22.3 Å². The zero-order valence-electron chi connectivity index (χ0n) is 15.5. The van der Waals surface area contributed by atoms with E-state index in [4.69, 9.17) is 16.3 Å². The Kier molecular flexibility index (Phi) is 5.59. The third-order valence-electron chi connectivity index (χ3n) is 4.12. The first-order valence-corrected chi connectivity index (χ1v) is 10.2. The summed E-state index contributed by atoms with van der Waals surface area (Å²) in [6.45, 7) is 2.51. The van der Waals surface area contributed by atoms with Gasteiger partial charge in [0.25, 0.3) is 5.91 Å². The maximum atomic E-state index is 12.6. The number of rotatable bonds is 6. The lowest BCUT2D eigenvalue weighted by atomic mass is 10.1. The first kappa shape index (κ1) is 19.2. The molecule has 0 radical (unpaired) electrons. The van der Waals surface area contributed by atoms with Gasteiger partial charge in [0.2, 0.25) is 0 Å². The highest BCUT2D eigenvalue weighted by molar-refractivity contribution is 7.14. The lowest BCUT2D eigenvalue weighted by Gasteiger charge is -2.07. The second-order valence-electron chi connectivity index (χ2n) is 6.07. The second kappa shape index (κ2) is 8.46. The van der Waals surface area contributed by atoms with Gasteiger partial charge in [0.1, 0.15) is 5.75 Å². The number of thiazole rings is 1. The van der Waals surface area contributed by atoms with Gasteiger partial charge in [0, 0.05) is 22.2 Å². The molecule has 2 aromatic heterocycles. The third kappa shape index (κ3) is 4.31. The quantitative estimate of drug-likeness (QED) is 0.456. The Morgan fingerprint density at radius 1 is 1.21 bits per heavy atom. The summed E-state index contributed by atoms with van der Waals surface area (Å²) < 4.78 is 7.28. The lowest BCUT2D eigenvalue weighted by Crippen LogP contribution is -2.10. The number of nitrogens with one attached hydrogen (secondary N) is 1. The Morgan fingerprint density at radius 3 is 2.79 bits per heavy atom. The van der Waals surface area contributed by atoms with Crippen LogP contribution in [-0.4, -0.2) is 27.3 Å². The number of ether oxygens (including phenoxy) is 1. The van der Waals surface area contributed by atoms with Crippen LogP contribution in [0.15, 0.2) is 66.3 Å². The number of benzene rings is 2. The zero-order chi connectivity index (χ0) is 20.2. The Balaban J connectivity index is 1.50. The minimum absolute atomic E-state index is 0.274. The monoisotopic (exact) mass is 424 g/mol. The molecule has 0 aliphatic rings. The Bertz CT molecular complexity index is 1140. The van der Waals surface area contributed by atoms with E-state index in [1.807, 2.05) is 48.7 Å². The molecule has 0 bridgehead atoms. The first-order valence-electron chi connectivity index (χ1n) is 8.93. The van der Waals surface area contributed by atoms with Crippen molar-refractivity contribution in [3.63, 3.8) is 0 Å². The van der Waals surface area contributed by atoms with E-state index < -0.39 is 0 Å². The van der Waals surface area contributed by atoms with Gasteiger partial charge in [-0.1, -0.05) is 23.7 Å². The maximum absolute atomic E-state index is 12.6. The number of carbonyl (C=O) groups excluding carboxylic acids is 1. The van der Waals surface area contributed by atoms with Crippen molar-refractivity contribution in [2.24, 2.45) is 0 Å². The fraction of sp³-hybridized carbons (Fsp3) is 0.0952. The smallest absolute Gasteiger partial charge is 0.260 e. The summed E-state index contributed by atoms with van der Waals surface area (Å²) in [5, 5.41) is 10.1. The van der Waals surface area contributed by atoms with Gasteiger partial charge in [0.05, 0.1) is 29.7 Å². The van der Waals surface area contributed by atoms with Crippen LogP contribution in [0.2, 0.25) is 5.02 Å². The number of hydrogen-bond donors (Lipinski definition) is 1. The van der Waals surface area contributed by atoms with Crippen LogP contribution in [0.1, 0.15) is 17.3 Å². The summed E-state index contributed by atoms with van der Waals surface area (Å²) in [7, 11) is 0. The average Bonchev–Trinajstić information content (AvgIpc) is 3.39. The van der Waals surface area contributed by atoms with E-state index in [0.717, 1.165) is 22.7 Å².